The number of hydrogen-bond donors (Lipinski definition) is 1. The number of nitrogens with one attached hydrogen (secondary N) is 1. The van der Waals surface area contributed by atoms with Crippen molar-refractivity contribution in [3.63, 3.8) is 0 Å². The maximum atomic E-state index is 5.45. The first-order valence-corrected chi connectivity index (χ1v) is 7.81. The van der Waals surface area contributed by atoms with Crippen molar-refractivity contribution in [2.75, 3.05) is 13.2 Å². The van der Waals surface area contributed by atoms with E-state index >= 15 is 0 Å². The monoisotopic (exact) mass is 261 g/mol. The molecular weight excluding hydrogens is 234 g/mol. The Kier molecular flexibility index (Phi) is 6.22. The van der Waals surface area contributed by atoms with E-state index in [0.717, 1.165) is 31.4 Å². The molecule has 0 aliphatic heterocycles. The van der Waals surface area contributed by atoms with E-state index in [1.807, 2.05) is 6.92 Å². The molecule has 0 bridgehead atoms. The Morgan fingerprint density at radius 1 is 1.11 bits per heavy atom. The normalized spacial score (nSPS) is 16.5. The summed E-state index contributed by atoms with van der Waals surface area (Å²) in [7, 11) is 0. The highest BCUT2D eigenvalue weighted by Crippen LogP contribution is 2.25. The van der Waals surface area contributed by atoms with Gasteiger partial charge in [-0.15, -0.1) is 0 Å². The van der Waals surface area contributed by atoms with Crippen LogP contribution in [0, 0.1) is 5.92 Å². The van der Waals surface area contributed by atoms with Crippen LogP contribution < -0.4 is 10.1 Å². The van der Waals surface area contributed by atoms with E-state index in [4.69, 9.17) is 4.74 Å². The predicted molar refractivity (Wildman–Crippen MR) is 80.5 cm³/mol. The average Bonchev–Trinajstić information content (AvgIpc) is 2.47. The third-order valence-electron chi connectivity index (χ3n) is 4.02. The van der Waals surface area contributed by atoms with E-state index in [0.29, 0.717) is 0 Å². The van der Waals surface area contributed by atoms with Crippen LogP contribution in [0.2, 0.25) is 0 Å². The third-order valence-corrected chi connectivity index (χ3v) is 4.02. The van der Waals surface area contributed by atoms with E-state index in [2.05, 4.69) is 29.6 Å². The summed E-state index contributed by atoms with van der Waals surface area (Å²) in [6.07, 6.45) is 8.59. The molecule has 0 aromatic heterocycles. The van der Waals surface area contributed by atoms with Crippen LogP contribution in [-0.4, -0.2) is 13.2 Å². The maximum Gasteiger partial charge on any atom is 0.119 e. The summed E-state index contributed by atoms with van der Waals surface area (Å²) in [5.41, 5.74) is 1.34. The van der Waals surface area contributed by atoms with E-state index in [1.165, 1.54) is 44.1 Å². The maximum absolute atomic E-state index is 5.45. The SMILES string of the molecule is CCOc1ccc(CNCCC2CCCCC2)cc1. The molecule has 1 aliphatic carbocycles. The van der Waals surface area contributed by atoms with Gasteiger partial charge in [0.2, 0.25) is 0 Å². The third kappa shape index (κ3) is 5.23. The fourth-order valence-corrected chi connectivity index (χ4v) is 2.88. The Morgan fingerprint density at radius 3 is 2.53 bits per heavy atom. The van der Waals surface area contributed by atoms with Crippen molar-refractivity contribution in [3.05, 3.63) is 29.8 Å². The highest BCUT2D eigenvalue weighted by molar-refractivity contribution is 5.27. The van der Waals surface area contributed by atoms with Gasteiger partial charge in [0.05, 0.1) is 6.61 Å². The first-order valence-electron chi connectivity index (χ1n) is 7.81. The Labute approximate surface area is 117 Å². The van der Waals surface area contributed by atoms with E-state index in [-0.39, 0.29) is 0 Å². The zero-order valence-corrected chi connectivity index (χ0v) is 12.2. The van der Waals surface area contributed by atoms with Crippen LogP contribution in [0.15, 0.2) is 24.3 Å². The molecule has 0 amide bonds. The first-order chi connectivity index (χ1) is 9.38. The van der Waals surface area contributed by atoms with Gasteiger partial charge in [-0.3, -0.25) is 0 Å². The van der Waals surface area contributed by atoms with Gasteiger partial charge in [0.25, 0.3) is 0 Å². The van der Waals surface area contributed by atoms with Crippen LogP contribution in [0.4, 0.5) is 0 Å². The molecule has 1 aromatic carbocycles. The van der Waals surface area contributed by atoms with Crippen LogP contribution in [0.1, 0.15) is 51.0 Å². The smallest absolute Gasteiger partial charge is 0.119 e. The van der Waals surface area contributed by atoms with Crippen molar-refractivity contribution >= 4 is 0 Å². The van der Waals surface area contributed by atoms with E-state index < -0.39 is 0 Å². The summed E-state index contributed by atoms with van der Waals surface area (Å²) in [6, 6.07) is 8.42. The lowest BCUT2D eigenvalue weighted by atomic mass is 9.87. The van der Waals surface area contributed by atoms with Crippen molar-refractivity contribution in [2.45, 2.75) is 52.0 Å². The quantitative estimate of drug-likeness (QED) is 0.745. The lowest BCUT2D eigenvalue weighted by Gasteiger charge is -2.21. The zero-order valence-electron chi connectivity index (χ0n) is 12.2. The van der Waals surface area contributed by atoms with Crippen molar-refractivity contribution in [3.8, 4) is 5.75 Å². The molecule has 2 heteroatoms. The van der Waals surface area contributed by atoms with Crippen molar-refractivity contribution in [1.82, 2.24) is 5.32 Å². The number of benzene rings is 1. The Morgan fingerprint density at radius 2 is 1.84 bits per heavy atom. The number of rotatable bonds is 7. The van der Waals surface area contributed by atoms with Gasteiger partial charge in [0.1, 0.15) is 5.75 Å². The molecule has 0 atom stereocenters. The first kappa shape index (κ1) is 14.4. The molecule has 2 rings (SSSR count). The standard InChI is InChI=1S/C17H27NO/c1-2-19-17-10-8-16(9-11-17)14-18-13-12-15-6-4-3-5-7-15/h8-11,15,18H,2-7,12-14H2,1H3. The van der Waals surface area contributed by atoms with E-state index in [1.54, 1.807) is 0 Å². The van der Waals surface area contributed by atoms with Crippen molar-refractivity contribution in [1.29, 1.82) is 0 Å². The van der Waals surface area contributed by atoms with Gasteiger partial charge in [-0.05, 0) is 43.5 Å². The molecule has 0 unspecified atom stereocenters. The molecule has 2 nitrogen and oxygen atoms in total. The molecule has 1 N–H and O–H groups in total. The van der Waals surface area contributed by atoms with Gasteiger partial charge in [-0.1, -0.05) is 44.2 Å². The summed E-state index contributed by atoms with van der Waals surface area (Å²) in [6.45, 7) is 4.87. The minimum absolute atomic E-state index is 0.735. The topological polar surface area (TPSA) is 21.3 Å². The molecule has 1 fully saturated rings. The Hall–Kier alpha value is -1.02. The van der Waals surface area contributed by atoms with Crippen LogP contribution in [0.25, 0.3) is 0 Å². The van der Waals surface area contributed by atoms with Crippen molar-refractivity contribution < 1.29 is 4.74 Å². The molecule has 19 heavy (non-hydrogen) atoms. The van der Waals surface area contributed by atoms with Gasteiger partial charge in [-0.25, -0.2) is 0 Å². The summed E-state index contributed by atoms with van der Waals surface area (Å²) in [4.78, 5) is 0. The van der Waals surface area contributed by atoms with E-state index in [9.17, 15) is 0 Å². The minimum Gasteiger partial charge on any atom is -0.494 e. The molecule has 1 saturated carbocycles. The van der Waals surface area contributed by atoms with Crippen LogP contribution in [0.3, 0.4) is 0 Å². The minimum atomic E-state index is 0.735. The summed E-state index contributed by atoms with van der Waals surface area (Å²) in [5.74, 6) is 1.94. The zero-order chi connectivity index (χ0) is 13.3. The van der Waals surface area contributed by atoms with Gasteiger partial charge >= 0.3 is 0 Å². The highest BCUT2D eigenvalue weighted by Gasteiger charge is 2.12. The second kappa shape index (κ2) is 8.21. The predicted octanol–water partition coefficient (Wildman–Crippen LogP) is 4.15. The molecule has 1 aromatic rings. The summed E-state index contributed by atoms with van der Waals surface area (Å²) < 4.78 is 5.45. The second-order valence-corrected chi connectivity index (χ2v) is 5.55. The molecule has 0 heterocycles. The summed E-state index contributed by atoms with van der Waals surface area (Å²) in [5, 5.41) is 3.56. The van der Waals surface area contributed by atoms with Gasteiger partial charge < -0.3 is 10.1 Å². The van der Waals surface area contributed by atoms with Crippen LogP contribution >= 0.6 is 0 Å². The van der Waals surface area contributed by atoms with Crippen LogP contribution in [0.5, 0.6) is 5.75 Å². The van der Waals surface area contributed by atoms with Gasteiger partial charge in [-0.2, -0.15) is 0 Å². The Balaban J connectivity index is 1.62. The molecular formula is C17H27NO. The fraction of sp³-hybridized carbons (Fsp3) is 0.647. The number of ether oxygens (including phenoxy) is 1. The van der Waals surface area contributed by atoms with Gasteiger partial charge in [0.15, 0.2) is 0 Å². The Bertz CT molecular complexity index is 341. The fourth-order valence-electron chi connectivity index (χ4n) is 2.88. The molecule has 1 aliphatic rings. The highest BCUT2D eigenvalue weighted by atomic mass is 16.5. The summed E-state index contributed by atoms with van der Waals surface area (Å²) >= 11 is 0. The molecule has 0 saturated heterocycles. The molecule has 0 spiro atoms. The lowest BCUT2D eigenvalue weighted by molar-refractivity contribution is 0.333. The van der Waals surface area contributed by atoms with Crippen molar-refractivity contribution in [2.24, 2.45) is 5.92 Å². The molecule has 0 radical (unpaired) electrons. The molecule has 106 valence electrons. The lowest BCUT2D eigenvalue weighted by Crippen LogP contribution is -2.19. The largest absolute Gasteiger partial charge is 0.494 e. The van der Waals surface area contributed by atoms with Gasteiger partial charge in [0, 0.05) is 6.54 Å². The number of hydrogen-bond acceptors (Lipinski definition) is 2. The average molecular weight is 261 g/mol. The second-order valence-electron chi connectivity index (χ2n) is 5.55. The van der Waals surface area contributed by atoms with Crippen LogP contribution in [-0.2, 0) is 6.54 Å².